The van der Waals surface area contributed by atoms with Crippen LogP contribution in [-0.4, -0.2) is 158 Å². The number of aliphatic carboxylic acids is 1. The van der Waals surface area contributed by atoms with Gasteiger partial charge >= 0.3 is 11.6 Å². The second kappa shape index (κ2) is 29.7. The molecular formula is C42H58N6O15. The fourth-order valence-electron chi connectivity index (χ4n) is 5.71. The molecule has 2 aromatic carbocycles. The van der Waals surface area contributed by atoms with E-state index in [9.17, 15) is 24.0 Å². The highest BCUT2D eigenvalue weighted by atomic mass is 16.6. The number of fused-ring (bicyclic) bond motifs is 2. The third-order valence-electron chi connectivity index (χ3n) is 9.02. The summed E-state index contributed by atoms with van der Waals surface area (Å²) in [5.74, 6) is -1.66. The maximum Gasteiger partial charge on any atom is 0.340 e. The van der Waals surface area contributed by atoms with Crippen LogP contribution in [0.1, 0.15) is 40.7 Å². The summed E-state index contributed by atoms with van der Waals surface area (Å²) in [4.78, 5) is 60.5. The number of nitrogens with one attached hydrogen (secondary N) is 4. The Morgan fingerprint density at radius 2 is 1.21 bits per heavy atom. The standard InChI is InChI=1S/C42H58N6O15/c1-30-33-6-5-32(46-29-39(50)44-11-15-58-19-23-61-25-24-60-22-18-57-14-8-40(51)52)27-37(33)62-42(54)34(30)28-38(49)43-9-2-12-55-16-20-59-21-17-56-13-3-10-45-41(53)31-4-7-35-36(26-31)48-63-47-35/h4-7,26-27,46H,2-3,8-25,28-29H2,1H3,(H,43,49)(H,44,50)(H,45,53)(H,51,52). The average Bonchev–Trinajstić information content (AvgIpc) is 3.75. The fraction of sp³-hybridized carbons (Fsp3) is 0.548. The van der Waals surface area contributed by atoms with Crippen molar-refractivity contribution in [3.05, 3.63) is 63.5 Å². The molecule has 346 valence electrons. The first-order valence-corrected chi connectivity index (χ1v) is 20.8. The average molecular weight is 887 g/mol. The highest BCUT2D eigenvalue weighted by molar-refractivity contribution is 5.97. The van der Waals surface area contributed by atoms with Gasteiger partial charge in [0, 0.05) is 55.6 Å². The summed E-state index contributed by atoms with van der Waals surface area (Å²) >= 11 is 0. The molecule has 0 aliphatic rings. The molecule has 0 bridgehead atoms. The van der Waals surface area contributed by atoms with Gasteiger partial charge in [0.2, 0.25) is 11.8 Å². The van der Waals surface area contributed by atoms with Crippen molar-refractivity contribution in [3.63, 3.8) is 0 Å². The van der Waals surface area contributed by atoms with Gasteiger partial charge in [-0.2, -0.15) is 0 Å². The van der Waals surface area contributed by atoms with Crippen molar-refractivity contribution in [3.8, 4) is 0 Å². The summed E-state index contributed by atoms with van der Waals surface area (Å²) < 4.78 is 48.1. The Hall–Kier alpha value is -5.55. The van der Waals surface area contributed by atoms with E-state index in [2.05, 4.69) is 36.2 Å². The number of nitrogens with zero attached hydrogens (tertiary/aromatic N) is 2. The number of aromatic nitrogens is 2. The van der Waals surface area contributed by atoms with Crippen molar-refractivity contribution in [2.75, 3.05) is 124 Å². The number of carboxylic acids is 1. The first-order valence-electron chi connectivity index (χ1n) is 20.8. The van der Waals surface area contributed by atoms with Gasteiger partial charge in [-0.25, -0.2) is 9.42 Å². The Kier molecular flexibility index (Phi) is 23.6. The number of rotatable bonds is 35. The Balaban J connectivity index is 0.955. The van der Waals surface area contributed by atoms with E-state index >= 15 is 0 Å². The van der Waals surface area contributed by atoms with Gasteiger partial charge in [0.25, 0.3) is 5.91 Å². The van der Waals surface area contributed by atoms with Gasteiger partial charge < -0.3 is 63.9 Å². The molecule has 0 fully saturated rings. The maximum atomic E-state index is 12.9. The lowest BCUT2D eigenvalue weighted by Crippen LogP contribution is -2.32. The zero-order chi connectivity index (χ0) is 44.9. The number of hydrogen-bond donors (Lipinski definition) is 5. The molecule has 0 spiro atoms. The number of carbonyl (C=O) groups excluding carboxylic acids is 3. The fourth-order valence-corrected chi connectivity index (χ4v) is 5.71. The van der Waals surface area contributed by atoms with Crippen molar-refractivity contribution >= 4 is 51.4 Å². The monoisotopic (exact) mass is 886 g/mol. The molecule has 0 aliphatic carbocycles. The number of benzene rings is 2. The minimum atomic E-state index is -0.904. The lowest BCUT2D eigenvalue weighted by atomic mass is 10.0. The zero-order valence-electron chi connectivity index (χ0n) is 35.6. The highest BCUT2D eigenvalue weighted by Gasteiger charge is 2.16. The molecule has 4 aromatic rings. The van der Waals surface area contributed by atoms with E-state index in [0.29, 0.717) is 157 Å². The van der Waals surface area contributed by atoms with Gasteiger partial charge in [0.15, 0.2) is 0 Å². The molecule has 21 heteroatoms. The summed E-state index contributed by atoms with van der Waals surface area (Å²) in [6.45, 7) is 8.04. The van der Waals surface area contributed by atoms with Crippen molar-refractivity contribution in [1.29, 1.82) is 0 Å². The quantitative estimate of drug-likeness (QED) is 0.0324. The van der Waals surface area contributed by atoms with E-state index in [-0.39, 0.29) is 49.3 Å². The van der Waals surface area contributed by atoms with Crippen molar-refractivity contribution in [1.82, 2.24) is 26.3 Å². The summed E-state index contributed by atoms with van der Waals surface area (Å²) in [6.07, 6.45) is 1.06. The smallest absolute Gasteiger partial charge is 0.340 e. The molecule has 0 atom stereocenters. The molecule has 21 nitrogen and oxygen atoms in total. The summed E-state index contributed by atoms with van der Waals surface area (Å²) in [6, 6.07) is 10.1. The van der Waals surface area contributed by atoms with Crippen LogP contribution in [0, 0.1) is 6.92 Å². The third-order valence-corrected chi connectivity index (χ3v) is 9.02. The predicted octanol–water partition coefficient (Wildman–Crippen LogP) is 1.63. The molecule has 5 N–H and O–H groups in total. The van der Waals surface area contributed by atoms with Gasteiger partial charge in [-0.15, -0.1) is 0 Å². The first kappa shape index (κ1) is 50.1. The first-order chi connectivity index (χ1) is 30.7. The molecule has 63 heavy (non-hydrogen) atoms. The molecule has 2 aromatic heterocycles. The minimum Gasteiger partial charge on any atom is -0.481 e. The number of amides is 3. The zero-order valence-corrected chi connectivity index (χ0v) is 35.6. The number of carboxylic acid groups (broad SMARTS) is 1. The third kappa shape index (κ3) is 20.0. The number of anilines is 1. The van der Waals surface area contributed by atoms with E-state index in [1.165, 1.54) is 0 Å². The lowest BCUT2D eigenvalue weighted by Gasteiger charge is -2.11. The van der Waals surface area contributed by atoms with Crippen LogP contribution in [0.5, 0.6) is 0 Å². The molecule has 0 saturated carbocycles. The van der Waals surface area contributed by atoms with Gasteiger partial charge in [-0.3, -0.25) is 19.2 Å². The topological polar surface area (TPSA) is 270 Å². The van der Waals surface area contributed by atoms with E-state index < -0.39 is 11.6 Å². The molecule has 0 unspecified atom stereocenters. The van der Waals surface area contributed by atoms with Crippen LogP contribution < -0.4 is 26.9 Å². The lowest BCUT2D eigenvalue weighted by molar-refractivity contribution is -0.138. The van der Waals surface area contributed by atoms with Crippen molar-refractivity contribution < 1.29 is 66.5 Å². The SMILES string of the molecule is Cc1c(CC(=O)NCCCOCCOCCOCCCNC(=O)c2ccc3nonc3c2)c(=O)oc2cc(NCC(=O)NCCOCCOCCOCCOCCC(=O)O)ccc12. The number of ether oxygens (including phenoxy) is 7. The second-order valence-corrected chi connectivity index (χ2v) is 13.8. The Bertz CT molecular complexity index is 2060. The van der Waals surface area contributed by atoms with Crippen LogP contribution in [0.15, 0.2) is 50.2 Å². The largest absolute Gasteiger partial charge is 0.481 e. The number of aryl methyl sites for hydroxylation is 1. The van der Waals surface area contributed by atoms with Crippen molar-refractivity contribution in [2.45, 2.75) is 32.6 Å². The maximum absolute atomic E-state index is 12.9. The normalized spacial score (nSPS) is 11.3. The molecule has 2 heterocycles. The molecule has 0 radical (unpaired) electrons. The Morgan fingerprint density at radius 3 is 1.86 bits per heavy atom. The van der Waals surface area contributed by atoms with Gasteiger partial charge in [0.1, 0.15) is 16.6 Å². The second-order valence-electron chi connectivity index (χ2n) is 13.8. The summed E-state index contributed by atoms with van der Waals surface area (Å²) in [5.41, 5.74) is 2.83. The van der Waals surface area contributed by atoms with E-state index in [4.69, 9.17) is 42.7 Å². The van der Waals surface area contributed by atoms with Crippen LogP contribution in [0.4, 0.5) is 5.69 Å². The summed E-state index contributed by atoms with van der Waals surface area (Å²) in [5, 5.41) is 28.1. The highest BCUT2D eigenvalue weighted by Crippen LogP contribution is 2.23. The van der Waals surface area contributed by atoms with E-state index in [1.54, 1.807) is 43.3 Å². The summed E-state index contributed by atoms with van der Waals surface area (Å²) in [7, 11) is 0. The molecule has 0 aliphatic heterocycles. The Labute approximate surface area is 363 Å². The number of hydrogen-bond acceptors (Lipinski definition) is 17. The Morgan fingerprint density at radius 1 is 0.635 bits per heavy atom. The van der Waals surface area contributed by atoms with Gasteiger partial charge in [-0.1, -0.05) is 0 Å². The van der Waals surface area contributed by atoms with Crippen LogP contribution >= 0.6 is 0 Å². The van der Waals surface area contributed by atoms with Crippen LogP contribution in [-0.2, 0) is 54.0 Å². The number of carbonyl (C=O) groups is 4. The van der Waals surface area contributed by atoms with Crippen LogP contribution in [0.25, 0.3) is 22.0 Å². The van der Waals surface area contributed by atoms with E-state index in [1.807, 2.05) is 0 Å². The van der Waals surface area contributed by atoms with Crippen LogP contribution in [0.2, 0.25) is 0 Å². The molecule has 4 rings (SSSR count). The van der Waals surface area contributed by atoms with Crippen molar-refractivity contribution in [2.24, 2.45) is 0 Å². The molecule has 0 saturated heterocycles. The van der Waals surface area contributed by atoms with Crippen LogP contribution in [0.3, 0.4) is 0 Å². The molecular weight excluding hydrogens is 828 g/mol. The van der Waals surface area contributed by atoms with Gasteiger partial charge in [0.05, 0.1) is 104 Å². The predicted molar refractivity (Wildman–Crippen MR) is 227 cm³/mol. The minimum absolute atomic E-state index is 0.00832. The molecule has 3 amide bonds. The van der Waals surface area contributed by atoms with Gasteiger partial charge in [-0.05, 0) is 66.0 Å². The van der Waals surface area contributed by atoms with E-state index in [0.717, 1.165) is 0 Å².